The van der Waals surface area contributed by atoms with Crippen molar-refractivity contribution in [2.45, 2.75) is 51.7 Å². The number of nitrogens with one attached hydrogen (secondary N) is 1. The quantitative estimate of drug-likeness (QED) is 0.822. The summed E-state index contributed by atoms with van der Waals surface area (Å²) in [7, 11) is 1.67. The maximum absolute atomic E-state index is 13.1. The van der Waals surface area contributed by atoms with Crippen LogP contribution in [0.1, 0.15) is 37.3 Å². The van der Waals surface area contributed by atoms with Gasteiger partial charge in [0.2, 0.25) is 0 Å². The molecule has 9 heteroatoms. The molecule has 7 nitrogen and oxygen atoms in total. The Balaban J connectivity index is 0.00000169. The van der Waals surface area contributed by atoms with Gasteiger partial charge in [-0.2, -0.15) is 5.10 Å². The van der Waals surface area contributed by atoms with Gasteiger partial charge in [-0.15, -0.1) is 24.8 Å². The molecule has 1 amide bonds. The van der Waals surface area contributed by atoms with E-state index in [1.165, 1.54) is 0 Å². The zero-order chi connectivity index (χ0) is 17.2. The number of rotatable bonds is 4. The summed E-state index contributed by atoms with van der Waals surface area (Å²) in [4.78, 5) is 19.5. The summed E-state index contributed by atoms with van der Waals surface area (Å²) in [5.74, 6) is 2.35. The Kier molecular flexibility index (Phi) is 8.79. The topological polar surface area (TPSA) is 72.3 Å². The molecular weight excluding hydrogens is 377 g/mol. The predicted molar refractivity (Wildman–Crippen MR) is 105 cm³/mol. The molecule has 0 saturated carbocycles. The van der Waals surface area contributed by atoms with Crippen LogP contribution in [0.4, 0.5) is 0 Å². The molecule has 150 valence electrons. The second-order valence-corrected chi connectivity index (χ2v) is 7.10. The highest BCUT2D eigenvalue weighted by atomic mass is 35.5. The highest BCUT2D eigenvalue weighted by Crippen LogP contribution is 2.28. The first-order valence-electron chi connectivity index (χ1n) is 8.97. The number of aromatic nitrogens is 3. The fourth-order valence-corrected chi connectivity index (χ4v) is 4.00. The first-order valence-corrected chi connectivity index (χ1v) is 8.97. The van der Waals surface area contributed by atoms with Gasteiger partial charge in [0.15, 0.2) is 0 Å². The molecule has 0 bridgehead atoms. The van der Waals surface area contributed by atoms with Gasteiger partial charge in [-0.1, -0.05) is 0 Å². The van der Waals surface area contributed by atoms with Crippen molar-refractivity contribution < 1.29 is 9.53 Å². The molecule has 0 radical (unpaired) electrons. The summed E-state index contributed by atoms with van der Waals surface area (Å²) in [5.41, 5.74) is -0.632. The minimum Gasteiger partial charge on any atom is -0.368 e. The Bertz CT molecular complexity index is 590. The van der Waals surface area contributed by atoms with Gasteiger partial charge in [0.1, 0.15) is 17.2 Å². The minimum absolute atomic E-state index is 0. The molecule has 1 aromatic heterocycles. The van der Waals surface area contributed by atoms with E-state index in [4.69, 9.17) is 4.74 Å². The lowest BCUT2D eigenvalue weighted by Gasteiger charge is -2.41. The van der Waals surface area contributed by atoms with E-state index in [2.05, 4.69) is 15.4 Å². The van der Waals surface area contributed by atoms with Crippen molar-refractivity contribution in [1.29, 1.82) is 0 Å². The second kappa shape index (κ2) is 9.88. The van der Waals surface area contributed by atoms with Gasteiger partial charge in [0, 0.05) is 26.7 Å². The Morgan fingerprint density at radius 3 is 2.58 bits per heavy atom. The zero-order valence-electron chi connectivity index (χ0n) is 15.9. The molecule has 2 fully saturated rings. The fraction of sp³-hybridized carbons (Fsp3) is 0.824. The number of hydrogen-bond donors (Lipinski definition) is 1. The lowest BCUT2D eigenvalue weighted by atomic mass is 9.88. The summed E-state index contributed by atoms with van der Waals surface area (Å²) in [6.45, 7) is 8.04. The van der Waals surface area contributed by atoms with Crippen LogP contribution in [0.3, 0.4) is 0 Å². The summed E-state index contributed by atoms with van der Waals surface area (Å²) in [6, 6.07) is 0. The number of methoxy groups -OCH3 is 1. The minimum atomic E-state index is -0.632. The van der Waals surface area contributed by atoms with Crippen molar-refractivity contribution in [1.82, 2.24) is 25.0 Å². The number of halogens is 2. The molecule has 3 rings (SSSR count). The molecule has 1 N–H and O–H groups in total. The third-order valence-corrected chi connectivity index (χ3v) is 5.39. The SMILES string of the molecule is COC1(C(=O)N2CCCC(Cn3nc(C)nc3C)C2)CCNCC1.Cl.Cl. The lowest BCUT2D eigenvalue weighted by molar-refractivity contribution is -0.160. The number of carbonyl (C=O) groups is 1. The molecule has 0 spiro atoms. The Morgan fingerprint density at radius 1 is 1.31 bits per heavy atom. The number of nitrogens with zero attached hydrogens (tertiary/aromatic N) is 4. The standard InChI is InChI=1S/C17H29N5O2.2ClH/c1-13-19-14(2)22(20-13)12-15-5-4-10-21(11-15)16(23)17(24-3)6-8-18-9-7-17;;/h15,18H,4-12H2,1-3H3;2*1H. The van der Waals surface area contributed by atoms with Crippen LogP contribution in [0.5, 0.6) is 0 Å². The van der Waals surface area contributed by atoms with Gasteiger partial charge in [-0.25, -0.2) is 9.67 Å². The van der Waals surface area contributed by atoms with E-state index in [1.54, 1.807) is 7.11 Å². The molecule has 2 aliphatic heterocycles. The number of aryl methyl sites for hydroxylation is 2. The molecular formula is C17H31Cl2N5O2. The number of ether oxygens (including phenoxy) is 1. The summed E-state index contributed by atoms with van der Waals surface area (Å²) < 4.78 is 7.69. The highest BCUT2D eigenvalue weighted by molar-refractivity contribution is 5.86. The molecule has 0 aromatic carbocycles. The molecule has 2 saturated heterocycles. The third kappa shape index (κ3) is 4.88. The molecule has 1 aromatic rings. The molecule has 1 unspecified atom stereocenters. The lowest BCUT2D eigenvalue weighted by Crippen LogP contribution is -2.57. The van der Waals surface area contributed by atoms with E-state index in [0.717, 1.165) is 70.1 Å². The van der Waals surface area contributed by atoms with E-state index in [0.29, 0.717) is 5.92 Å². The predicted octanol–water partition coefficient (Wildman–Crippen LogP) is 1.75. The monoisotopic (exact) mass is 407 g/mol. The van der Waals surface area contributed by atoms with Crippen LogP contribution >= 0.6 is 24.8 Å². The molecule has 2 aliphatic rings. The number of carbonyl (C=O) groups excluding carboxylic acids is 1. The van der Waals surface area contributed by atoms with Gasteiger partial charge in [0.25, 0.3) is 5.91 Å². The zero-order valence-corrected chi connectivity index (χ0v) is 17.5. The van der Waals surface area contributed by atoms with E-state index in [1.807, 2.05) is 23.4 Å². The maximum atomic E-state index is 13.1. The number of likely N-dealkylation sites (tertiary alicyclic amines) is 1. The van der Waals surface area contributed by atoms with Crippen LogP contribution in [0.25, 0.3) is 0 Å². The fourth-order valence-electron chi connectivity index (χ4n) is 4.00. The summed E-state index contributed by atoms with van der Waals surface area (Å²) in [5, 5.41) is 7.78. The average molecular weight is 408 g/mol. The molecule has 1 atom stereocenters. The average Bonchev–Trinajstić information content (AvgIpc) is 2.92. The van der Waals surface area contributed by atoms with Crippen molar-refractivity contribution in [3.63, 3.8) is 0 Å². The van der Waals surface area contributed by atoms with Gasteiger partial charge < -0.3 is 15.0 Å². The van der Waals surface area contributed by atoms with Gasteiger partial charge in [-0.05, 0) is 58.5 Å². The van der Waals surface area contributed by atoms with Crippen LogP contribution in [0.2, 0.25) is 0 Å². The normalized spacial score (nSPS) is 22.3. The van der Waals surface area contributed by atoms with Crippen LogP contribution in [-0.2, 0) is 16.1 Å². The van der Waals surface area contributed by atoms with Crippen molar-refractivity contribution in [2.24, 2.45) is 5.92 Å². The largest absolute Gasteiger partial charge is 0.368 e. The Hall–Kier alpha value is -0.890. The van der Waals surface area contributed by atoms with E-state index in [9.17, 15) is 4.79 Å². The van der Waals surface area contributed by atoms with E-state index in [-0.39, 0.29) is 30.7 Å². The second-order valence-electron chi connectivity index (χ2n) is 7.10. The van der Waals surface area contributed by atoms with Crippen molar-refractivity contribution in [2.75, 3.05) is 33.3 Å². The maximum Gasteiger partial charge on any atom is 0.254 e. The van der Waals surface area contributed by atoms with Crippen LogP contribution in [0, 0.1) is 19.8 Å². The smallest absolute Gasteiger partial charge is 0.254 e. The highest BCUT2D eigenvalue weighted by Gasteiger charge is 2.43. The van der Waals surface area contributed by atoms with Crippen molar-refractivity contribution >= 4 is 30.7 Å². The van der Waals surface area contributed by atoms with Crippen LogP contribution in [-0.4, -0.2) is 64.5 Å². The first-order chi connectivity index (χ1) is 11.5. The van der Waals surface area contributed by atoms with Crippen molar-refractivity contribution in [3.05, 3.63) is 11.6 Å². The Morgan fingerprint density at radius 2 is 2.00 bits per heavy atom. The molecule has 26 heavy (non-hydrogen) atoms. The number of piperidine rings is 2. The molecule has 3 heterocycles. The Labute approximate surface area is 168 Å². The van der Waals surface area contributed by atoms with E-state index < -0.39 is 5.60 Å². The third-order valence-electron chi connectivity index (χ3n) is 5.39. The van der Waals surface area contributed by atoms with Crippen LogP contribution < -0.4 is 5.32 Å². The molecule has 0 aliphatic carbocycles. The summed E-state index contributed by atoms with van der Waals surface area (Å²) >= 11 is 0. The van der Waals surface area contributed by atoms with Gasteiger partial charge >= 0.3 is 0 Å². The number of amides is 1. The van der Waals surface area contributed by atoms with Gasteiger partial charge in [0.05, 0.1) is 0 Å². The number of hydrogen-bond acceptors (Lipinski definition) is 5. The van der Waals surface area contributed by atoms with E-state index >= 15 is 0 Å². The van der Waals surface area contributed by atoms with Crippen molar-refractivity contribution in [3.8, 4) is 0 Å². The van der Waals surface area contributed by atoms with Crippen LogP contribution in [0.15, 0.2) is 0 Å². The first kappa shape index (κ1) is 23.1. The van der Waals surface area contributed by atoms with Gasteiger partial charge in [-0.3, -0.25) is 4.79 Å². The summed E-state index contributed by atoms with van der Waals surface area (Å²) in [6.07, 6.45) is 3.68.